The van der Waals surface area contributed by atoms with Crippen LogP contribution in [0.2, 0.25) is 0 Å². The van der Waals surface area contributed by atoms with Crippen LogP contribution >= 0.6 is 12.2 Å². The predicted octanol–water partition coefficient (Wildman–Crippen LogP) is 4.47. The standard InChI is InChI=1S/C22H19N3OS/c26-21(18-9-6-14-23-16-18)25(19-11-2-1-3-12-19)22(27)24-15-7-10-17-8-4-5-13-20(17)24/h1-6,8-9,11-14,16H,7,10,15H2. The van der Waals surface area contributed by atoms with Crippen LogP contribution in [0.4, 0.5) is 11.4 Å². The van der Waals surface area contributed by atoms with Gasteiger partial charge in [0, 0.05) is 24.6 Å². The smallest absolute Gasteiger partial charge is 0.266 e. The van der Waals surface area contributed by atoms with Crippen molar-refractivity contribution in [1.82, 2.24) is 4.98 Å². The second kappa shape index (κ2) is 7.68. The molecule has 0 aliphatic carbocycles. The predicted molar refractivity (Wildman–Crippen MR) is 112 cm³/mol. The number of benzene rings is 2. The minimum atomic E-state index is -0.178. The van der Waals surface area contributed by atoms with Gasteiger partial charge in [-0.25, -0.2) is 0 Å². The van der Waals surface area contributed by atoms with Crippen LogP contribution in [0.3, 0.4) is 0 Å². The number of carbonyl (C=O) groups is 1. The number of aromatic nitrogens is 1. The third-order valence-electron chi connectivity index (χ3n) is 4.66. The molecule has 1 aliphatic heterocycles. The van der Waals surface area contributed by atoms with E-state index >= 15 is 0 Å². The van der Waals surface area contributed by atoms with Crippen molar-refractivity contribution < 1.29 is 4.79 Å². The summed E-state index contributed by atoms with van der Waals surface area (Å²) in [5, 5.41) is 0.488. The normalized spacial score (nSPS) is 13.0. The number of fused-ring (bicyclic) bond motifs is 1. The molecule has 0 bridgehead atoms. The molecule has 27 heavy (non-hydrogen) atoms. The van der Waals surface area contributed by atoms with Crippen molar-refractivity contribution in [2.75, 3.05) is 16.3 Å². The van der Waals surface area contributed by atoms with Crippen LogP contribution in [0.5, 0.6) is 0 Å². The molecule has 134 valence electrons. The Morgan fingerprint density at radius 3 is 2.56 bits per heavy atom. The Kier molecular flexibility index (Phi) is 4.94. The summed E-state index contributed by atoms with van der Waals surface area (Å²) in [5.74, 6) is -0.178. The zero-order valence-electron chi connectivity index (χ0n) is 14.8. The van der Waals surface area contributed by atoms with Crippen molar-refractivity contribution in [3.63, 3.8) is 0 Å². The number of rotatable bonds is 2. The zero-order chi connectivity index (χ0) is 18.6. The summed E-state index contributed by atoms with van der Waals surface area (Å²) >= 11 is 5.84. The highest BCUT2D eigenvalue weighted by Gasteiger charge is 2.29. The van der Waals surface area contributed by atoms with Gasteiger partial charge >= 0.3 is 0 Å². The van der Waals surface area contributed by atoms with Crippen LogP contribution in [0.1, 0.15) is 22.3 Å². The summed E-state index contributed by atoms with van der Waals surface area (Å²) in [6, 6.07) is 21.3. The first-order valence-corrected chi connectivity index (χ1v) is 9.35. The van der Waals surface area contributed by atoms with E-state index in [0.717, 1.165) is 30.8 Å². The number of aryl methyl sites for hydroxylation is 1. The summed E-state index contributed by atoms with van der Waals surface area (Å²) in [7, 11) is 0. The van der Waals surface area contributed by atoms with Gasteiger partial charge in [0.2, 0.25) is 0 Å². The first-order chi connectivity index (χ1) is 13.3. The van der Waals surface area contributed by atoms with Crippen molar-refractivity contribution in [3.8, 4) is 0 Å². The largest absolute Gasteiger partial charge is 0.318 e. The highest BCUT2D eigenvalue weighted by molar-refractivity contribution is 7.81. The van der Waals surface area contributed by atoms with Gasteiger partial charge in [-0.2, -0.15) is 0 Å². The van der Waals surface area contributed by atoms with Gasteiger partial charge in [0.05, 0.1) is 11.3 Å². The Labute approximate surface area is 164 Å². The van der Waals surface area contributed by atoms with Crippen LogP contribution in [0, 0.1) is 0 Å². The molecule has 0 N–H and O–H groups in total. The maximum atomic E-state index is 13.3. The molecule has 0 spiro atoms. The Balaban J connectivity index is 1.76. The van der Waals surface area contributed by atoms with Gasteiger partial charge in [-0.1, -0.05) is 36.4 Å². The molecule has 0 atom stereocenters. The van der Waals surface area contributed by atoms with Gasteiger partial charge in [-0.3, -0.25) is 14.7 Å². The number of anilines is 2. The fourth-order valence-electron chi connectivity index (χ4n) is 3.36. The summed E-state index contributed by atoms with van der Waals surface area (Å²) < 4.78 is 0. The van der Waals surface area contributed by atoms with Gasteiger partial charge < -0.3 is 4.90 Å². The van der Waals surface area contributed by atoms with E-state index in [1.807, 2.05) is 42.5 Å². The number of carbonyl (C=O) groups excluding carboxylic acids is 1. The molecule has 2 aromatic carbocycles. The van der Waals surface area contributed by atoms with Crippen molar-refractivity contribution in [2.24, 2.45) is 0 Å². The molecule has 1 aliphatic rings. The molecule has 0 fully saturated rings. The minimum absolute atomic E-state index is 0.178. The highest BCUT2D eigenvalue weighted by atomic mass is 32.1. The van der Waals surface area contributed by atoms with Gasteiger partial charge in [-0.05, 0) is 61.0 Å². The minimum Gasteiger partial charge on any atom is -0.318 e. The van der Waals surface area contributed by atoms with E-state index in [1.165, 1.54) is 5.56 Å². The molecule has 0 radical (unpaired) electrons. The molecule has 2 heterocycles. The Morgan fingerprint density at radius 2 is 1.78 bits per heavy atom. The van der Waals surface area contributed by atoms with Gasteiger partial charge in [0.1, 0.15) is 0 Å². The molecule has 0 saturated heterocycles. The summed E-state index contributed by atoms with van der Waals surface area (Å²) in [5.41, 5.74) is 3.59. The average Bonchev–Trinajstić information content (AvgIpc) is 2.74. The van der Waals surface area contributed by atoms with E-state index in [0.29, 0.717) is 10.7 Å². The number of pyridine rings is 1. The molecule has 4 nitrogen and oxygen atoms in total. The SMILES string of the molecule is O=C(c1cccnc1)N(C(=S)N1CCCc2ccccc21)c1ccccc1. The zero-order valence-corrected chi connectivity index (χ0v) is 15.6. The lowest BCUT2D eigenvalue weighted by Gasteiger charge is -2.36. The maximum Gasteiger partial charge on any atom is 0.266 e. The Morgan fingerprint density at radius 1 is 1.00 bits per heavy atom. The summed E-state index contributed by atoms with van der Waals surface area (Å²) in [6.07, 6.45) is 5.26. The van der Waals surface area contributed by atoms with E-state index in [2.05, 4.69) is 22.0 Å². The Bertz CT molecular complexity index is 960. The topological polar surface area (TPSA) is 36.4 Å². The van der Waals surface area contributed by atoms with Gasteiger partial charge in [-0.15, -0.1) is 0 Å². The molecule has 0 saturated carbocycles. The summed E-state index contributed by atoms with van der Waals surface area (Å²) in [6.45, 7) is 0.791. The fourth-order valence-corrected chi connectivity index (χ4v) is 3.74. The third kappa shape index (κ3) is 3.46. The van der Waals surface area contributed by atoms with Crippen molar-refractivity contribution >= 4 is 34.6 Å². The van der Waals surface area contributed by atoms with E-state index in [9.17, 15) is 4.79 Å². The number of thiocarbonyl (C=S) groups is 1. The fraction of sp³-hybridized carbons (Fsp3) is 0.136. The average molecular weight is 373 g/mol. The maximum absolute atomic E-state index is 13.3. The lowest BCUT2D eigenvalue weighted by atomic mass is 10.0. The van der Waals surface area contributed by atoms with Crippen LogP contribution in [0.25, 0.3) is 0 Å². The van der Waals surface area contributed by atoms with E-state index in [1.54, 1.807) is 29.4 Å². The van der Waals surface area contributed by atoms with Gasteiger partial charge in [0.25, 0.3) is 5.91 Å². The second-order valence-electron chi connectivity index (χ2n) is 6.38. The number of hydrogen-bond acceptors (Lipinski definition) is 3. The first kappa shape index (κ1) is 17.4. The molecular weight excluding hydrogens is 354 g/mol. The third-order valence-corrected chi connectivity index (χ3v) is 5.06. The van der Waals surface area contributed by atoms with Crippen LogP contribution < -0.4 is 9.80 Å². The van der Waals surface area contributed by atoms with Crippen LogP contribution in [0.15, 0.2) is 79.1 Å². The lowest BCUT2D eigenvalue weighted by Crippen LogP contribution is -2.48. The number of hydrogen-bond donors (Lipinski definition) is 0. The van der Waals surface area contributed by atoms with E-state index in [-0.39, 0.29) is 5.91 Å². The van der Waals surface area contributed by atoms with E-state index in [4.69, 9.17) is 12.2 Å². The number of para-hydroxylation sites is 2. The monoisotopic (exact) mass is 373 g/mol. The number of nitrogens with zero attached hydrogens (tertiary/aromatic N) is 3. The van der Waals surface area contributed by atoms with Crippen molar-refractivity contribution in [3.05, 3.63) is 90.3 Å². The molecule has 5 heteroatoms. The molecule has 1 aromatic heterocycles. The van der Waals surface area contributed by atoms with Crippen molar-refractivity contribution in [1.29, 1.82) is 0 Å². The first-order valence-electron chi connectivity index (χ1n) is 8.94. The molecule has 4 rings (SSSR count). The highest BCUT2D eigenvalue weighted by Crippen LogP contribution is 2.29. The van der Waals surface area contributed by atoms with Crippen LogP contribution in [-0.2, 0) is 6.42 Å². The van der Waals surface area contributed by atoms with Gasteiger partial charge in [0.15, 0.2) is 5.11 Å². The molecule has 1 amide bonds. The number of amides is 1. The van der Waals surface area contributed by atoms with Crippen molar-refractivity contribution in [2.45, 2.75) is 12.8 Å². The quantitative estimate of drug-likeness (QED) is 0.621. The summed E-state index contributed by atoms with van der Waals surface area (Å²) in [4.78, 5) is 21.1. The molecular formula is C22H19N3OS. The van der Waals surface area contributed by atoms with Crippen LogP contribution in [-0.4, -0.2) is 22.5 Å². The van der Waals surface area contributed by atoms with E-state index < -0.39 is 0 Å². The second-order valence-corrected chi connectivity index (χ2v) is 6.75. The molecule has 0 unspecified atom stereocenters. The Hall–Kier alpha value is -3.05. The lowest BCUT2D eigenvalue weighted by molar-refractivity contribution is 0.100. The molecule has 3 aromatic rings.